The van der Waals surface area contributed by atoms with E-state index < -0.39 is 0 Å². The van der Waals surface area contributed by atoms with Crippen LogP contribution < -0.4 is 16.0 Å². The zero-order valence-corrected chi connectivity index (χ0v) is 9.07. The summed E-state index contributed by atoms with van der Waals surface area (Å²) >= 11 is 0. The molecule has 0 saturated carbocycles. The smallest absolute Gasteiger partial charge is 0.239 e. The molecule has 4 heteroatoms. The van der Waals surface area contributed by atoms with Crippen molar-refractivity contribution in [1.82, 2.24) is 16.0 Å². The summed E-state index contributed by atoms with van der Waals surface area (Å²) in [4.78, 5) is 11.7. The van der Waals surface area contributed by atoms with Crippen molar-refractivity contribution in [2.24, 2.45) is 0 Å². The molecule has 0 bridgehead atoms. The van der Waals surface area contributed by atoms with Crippen molar-refractivity contribution in [3.8, 4) is 0 Å². The minimum Gasteiger partial charge on any atom is -0.345 e. The molecule has 1 fully saturated rings. The molecule has 1 aliphatic heterocycles. The number of hydrogen-bond donors (Lipinski definition) is 3. The molecule has 2 rings (SSSR count). The Morgan fingerprint density at radius 2 is 2.12 bits per heavy atom. The highest BCUT2D eigenvalue weighted by Crippen LogP contribution is 1.99. The lowest BCUT2D eigenvalue weighted by Crippen LogP contribution is -2.55. The summed E-state index contributed by atoms with van der Waals surface area (Å²) < 4.78 is 0. The molecule has 85 valence electrons. The van der Waals surface area contributed by atoms with Crippen LogP contribution >= 0.6 is 0 Å². The van der Waals surface area contributed by atoms with E-state index in [0.717, 1.165) is 18.7 Å². The van der Waals surface area contributed by atoms with Gasteiger partial charge in [0.25, 0.3) is 0 Å². The molecule has 1 aromatic rings. The minimum atomic E-state index is -0.131. The van der Waals surface area contributed by atoms with Crippen molar-refractivity contribution in [3.05, 3.63) is 42.4 Å². The number of nitrogens with one attached hydrogen (secondary N) is 3. The van der Waals surface area contributed by atoms with Gasteiger partial charge < -0.3 is 16.0 Å². The van der Waals surface area contributed by atoms with E-state index in [1.807, 2.05) is 30.3 Å². The highest BCUT2D eigenvalue weighted by molar-refractivity contribution is 5.83. The number of benzene rings is 1. The van der Waals surface area contributed by atoms with E-state index in [2.05, 4.69) is 16.0 Å². The maximum atomic E-state index is 11.7. The Kier molecular flexibility index (Phi) is 3.91. The van der Waals surface area contributed by atoms with Crippen LogP contribution in [-0.2, 0) is 4.79 Å². The summed E-state index contributed by atoms with van der Waals surface area (Å²) in [6.45, 7) is 4.18. The molecule has 0 aliphatic carbocycles. The summed E-state index contributed by atoms with van der Waals surface area (Å²) in [5.41, 5.74) is 1.000. The normalized spacial score (nSPS) is 20.4. The second kappa shape index (κ2) is 5.63. The van der Waals surface area contributed by atoms with Crippen LogP contribution in [0, 0.1) is 6.54 Å². The Balaban J connectivity index is 1.79. The van der Waals surface area contributed by atoms with Gasteiger partial charge in [-0.2, -0.15) is 0 Å². The van der Waals surface area contributed by atoms with Crippen molar-refractivity contribution in [2.45, 2.75) is 6.04 Å². The van der Waals surface area contributed by atoms with E-state index in [1.165, 1.54) is 0 Å². The van der Waals surface area contributed by atoms with Gasteiger partial charge in [-0.15, -0.1) is 0 Å². The van der Waals surface area contributed by atoms with Gasteiger partial charge in [0.2, 0.25) is 5.91 Å². The first-order valence-electron chi connectivity index (χ1n) is 5.49. The Hall–Kier alpha value is -1.39. The Morgan fingerprint density at radius 1 is 1.31 bits per heavy atom. The molecule has 3 N–H and O–H groups in total. The molecule has 16 heavy (non-hydrogen) atoms. The van der Waals surface area contributed by atoms with E-state index in [-0.39, 0.29) is 11.9 Å². The molecular weight excluding hydrogens is 202 g/mol. The third-order valence-corrected chi connectivity index (χ3v) is 2.54. The highest BCUT2D eigenvalue weighted by Gasteiger charge is 2.19. The molecular formula is C12H16N3O. The fourth-order valence-corrected chi connectivity index (χ4v) is 1.64. The van der Waals surface area contributed by atoms with Gasteiger partial charge in [0.1, 0.15) is 0 Å². The molecule has 1 atom stereocenters. The first-order valence-corrected chi connectivity index (χ1v) is 5.49. The number of hydrogen-bond acceptors (Lipinski definition) is 3. The number of amides is 1. The van der Waals surface area contributed by atoms with Gasteiger partial charge in [-0.05, 0) is 5.56 Å². The lowest BCUT2D eigenvalue weighted by atomic mass is 10.2. The number of piperazine rings is 1. The number of carbonyl (C=O) groups is 1. The number of carbonyl (C=O) groups excluding carboxylic acids is 1. The van der Waals surface area contributed by atoms with Gasteiger partial charge in [0, 0.05) is 19.6 Å². The number of rotatable bonds is 3. The zero-order valence-electron chi connectivity index (χ0n) is 9.07. The second-order valence-electron chi connectivity index (χ2n) is 3.77. The molecule has 1 radical (unpaired) electrons. The fourth-order valence-electron chi connectivity index (χ4n) is 1.64. The van der Waals surface area contributed by atoms with Crippen molar-refractivity contribution in [2.75, 3.05) is 19.6 Å². The van der Waals surface area contributed by atoms with Gasteiger partial charge in [0.15, 0.2) is 0 Å². The third-order valence-electron chi connectivity index (χ3n) is 2.54. The second-order valence-corrected chi connectivity index (χ2v) is 3.77. The Morgan fingerprint density at radius 3 is 2.81 bits per heavy atom. The van der Waals surface area contributed by atoms with Gasteiger partial charge in [-0.3, -0.25) is 4.79 Å². The Labute approximate surface area is 95.4 Å². The first kappa shape index (κ1) is 11.1. The van der Waals surface area contributed by atoms with Crippen LogP contribution in [0.3, 0.4) is 0 Å². The predicted octanol–water partition coefficient (Wildman–Crippen LogP) is -0.126. The maximum absolute atomic E-state index is 11.7. The predicted molar refractivity (Wildman–Crippen MR) is 62.6 cm³/mol. The van der Waals surface area contributed by atoms with Crippen molar-refractivity contribution in [3.63, 3.8) is 0 Å². The average molecular weight is 218 g/mol. The average Bonchev–Trinajstić information content (AvgIpc) is 2.38. The molecule has 0 spiro atoms. The molecule has 1 amide bonds. The zero-order chi connectivity index (χ0) is 11.2. The largest absolute Gasteiger partial charge is 0.345 e. The molecule has 0 aromatic heterocycles. The fraction of sp³-hybridized carbons (Fsp3) is 0.333. The quantitative estimate of drug-likeness (QED) is 0.662. The lowest BCUT2D eigenvalue weighted by Gasteiger charge is -2.23. The summed E-state index contributed by atoms with van der Waals surface area (Å²) in [6.07, 6.45) is 0. The summed E-state index contributed by atoms with van der Waals surface area (Å²) in [5, 5.41) is 9.14. The highest BCUT2D eigenvalue weighted by atomic mass is 16.2. The van der Waals surface area contributed by atoms with Gasteiger partial charge >= 0.3 is 0 Å². The van der Waals surface area contributed by atoms with E-state index in [1.54, 1.807) is 6.54 Å². The van der Waals surface area contributed by atoms with Crippen LogP contribution in [0.4, 0.5) is 0 Å². The molecule has 1 unspecified atom stereocenters. The monoisotopic (exact) mass is 218 g/mol. The minimum absolute atomic E-state index is 0.0102. The van der Waals surface area contributed by atoms with Crippen LogP contribution in [0.5, 0.6) is 0 Å². The van der Waals surface area contributed by atoms with Crippen LogP contribution in [0.15, 0.2) is 30.3 Å². The third kappa shape index (κ3) is 3.05. The van der Waals surface area contributed by atoms with Crippen LogP contribution in [0.2, 0.25) is 0 Å². The Bertz CT molecular complexity index is 333. The van der Waals surface area contributed by atoms with E-state index in [9.17, 15) is 4.79 Å². The van der Waals surface area contributed by atoms with Gasteiger partial charge in [-0.25, -0.2) is 0 Å². The van der Waals surface area contributed by atoms with E-state index in [0.29, 0.717) is 6.54 Å². The molecule has 1 heterocycles. The topological polar surface area (TPSA) is 53.2 Å². The van der Waals surface area contributed by atoms with Crippen LogP contribution in [0.25, 0.3) is 0 Å². The summed E-state index contributed by atoms with van der Waals surface area (Å²) in [7, 11) is 0. The maximum Gasteiger partial charge on any atom is 0.239 e. The molecule has 1 aromatic carbocycles. The SMILES string of the molecule is O=C(N[CH]c1ccccc1)C1CNCCN1. The molecule has 1 aliphatic rings. The van der Waals surface area contributed by atoms with Crippen LogP contribution in [0.1, 0.15) is 5.56 Å². The van der Waals surface area contributed by atoms with Gasteiger partial charge in [-0.1, -0.05) is 30.3 Å². The molecule has 4 nitrogen and oxygen atoms in total. The van der Waals surface area contributed by atoms with Crippen molar-refractivity contribution < 1.29 is 4.79 Å². The van der Waals surface area contributed by atoms with E-state index in [4.69, 9.17) is 0 Å². The van der Waals surface area contributed by atoms with Crippen molar-refractivity contribution >= 4 is 5.91 Å². The van der Waals surface area contributed by atoms with Crippen LogP contribution in [-0.4, -0.2) is 31.6 Å². The first-order chi connectivity index (χ1) is 7.86. The van der Waals surface area contributed by atoms with Gasteiger partial charge in [0.05, 0.1) is 12.6 Å². The lowest BCUT2D eigenvalue weighted by molar-refractivity contribution is -0.122. The molecule has 1 saturated heterocycles. The van der Waals surface area contributed by atoms with Crippen molar-refractivity contribution in [1.29, 1.82) is 0 Å². The standard InChI is InChI=1S/C12H16N3O/c16-12(11-9-13-6-7-14-11)15-8-10-4-2-1-3-5-10/h1-5,8,11,13-14H,6-7,9H2,(H,15,16). The summed E-state index contributed by atoms with van der Waals surface area (Å²) in [6, 6.07) is 9.61. The summed E-state index contributed by atoms with van der Waals surface area (Å²) in [5.74, 6) is 0.0102. The van der Waals surface area contributed by atoms with E-state index >= 15 is 0 Å².